The van der Waals surface area contributed by atoms with Crippen LogP contribution in [0.25, 0.3) is 0 Å². The Balaban J connectivity index is 1.54. The molecule has 1 fully saturated rings. The van der Waals surface area contributed by atoms with E-state index in [4.69, 9.17) is 9.47 Å². The highest BCUT2D eigenvalue weighted by Crippen LogP contribution is 2.24. The van der Waals surface area contributed by atoms with Gasteiger partial charge in [-0.2, -0.15) is 5.10 Å². The van der Waals surface area contributed by atoms with E-state index in [1.807, 2.05) is 24.0 Å². The molecule has 0 radical (unpaired) electrons. The van der Waals surface area contributed by atoms with E-state index in [9.17, 15) is 4.79 Å². The van der Waals surface area contributed by atoms with Crippen molar-refractivity contribution in [3.8, 4) is 5.75 Å². The van der Waals surface area contributed by atoms with Gasteiger partial charge in [0.15, 0.2) is 0 Å². The molecule has 0 spiro atoms. The van der Waals surface area contributed by atoms with Gasteiger partial charge in [-0.25, -0.2) is 9.67 Å². The molecule has 0 N–H and O–H groups in total. The van der Waals surface area contributed by atoms with Crippen LogP contribution in [0.1, 0.15) is 31.4 Å². The fourth-order valence-corrected chi connectivity index (χ4v) is 4.00. The Morgan fingerprint density at radius 1 is 1.27 bits per heavy atom. The first-order valence-electron chi connectivity index (χ1n) is 10.6. The molecule has 0 saturated carbocycles. The number of piperidine rings is 1. The highest BCUT2D eigenvalue weighted by Gasteiger charge is 2.27. The van der Waals surface area contributed by atoms with Crippen molar-refractivity contribution in [1.82, 2.24) is 24.6 Å². The number of methoxy groups -OCH3 is 2. The summed E-state index contributed by atoms with van der Waals surface area (Å²) in [6, 6.07) is 7.83. The zero-order valence-corrected chi connectivity index (χ0v) is 18.2. The Morgan fingerprint density at radius 3 is 2.70 bits per heavy atom. The van der Waals surface area contributed by atoms with Gasteiger partial charge in [0.05, 0.1) is 13.7 Å². The third-order valence-corrected chi connectivity index (χ3v) is 5.84. The van der Waals surface area contributed by atoms with Crippen LogP contribution in [0.15, 0.2) is 36.9 Å². The van der Waals surface area contributed by atoms with E-state index in [-0.39, 0.29) is 11.9 Å². The van der Waals surface area contributed by atoms with Crippen molar-refractivity contribution in [1.29, 1.82) is 0 Å². The summed E-state index contributed by atoms with van der Waals surface area (Å²) in [7, 11) is 3.39. The predicted molar refractivity (Wildman–Crippen MR) is 114 cm³/mol. The SMILES string of the molecule is COCCN(CC1CCN(Cc2ccccc2OC)CC1)C(=O)C(C)n1cncn1. The first kappa shape index (κ1) is 22.2. The molecule has 8 nitrogen and oxygen atoms in total. The minimum absolute atomic E-state index is 0.0639. The number of likely N-dealkylation sites (tertiary alicyclic amines) is 1. The zero-order valence-electron chi connectivity index (χ0n) is 18.2. The third-order valence-electron chi connectivity index (χ3n) is 5.84. The van der Waals surface area contributed by atoms with Crippen LogP contribution >= 0.6 is 0 Å². The van der Waals surface area contributed by atoms with Crippen molar-refractivity contribution in [2.45, 2.75) is 32.4 Å². The second kappa shape index (κ2) is 11.1. The number of amides is 1. The third kappa shape index (κ3) is 5.79. The summed E-state index contributed by atoms with van der Waals surface area (Å²) in [5, 5.41) is 4.12. The highest BCUT2D eigenvalue weighted by atomic mass is 16.5. The van der Waals surface area contributed by atoms with Crippen LogP contribution < -0.4 is 4.74 Å². The van der Waals surface area contributed by atoms with E-state index in [2.05, 4.69) is 27.1 Å². The minimum Gasteiger partial charge on any atom is -0.496 e. The van der Waals surface area contributed by atoms with E-state index in [0.717, 1.165) is 44.8 Å². The molecule has 0 bridgehead atoms. The lowest BCUT2D eigenvalue weighted by molar-refractivity contribution is -0.136. The topological polar surface area (TPSA) is 72.7 Å². The van der Waals surface area contributed by atoms with E-state index in [1.54, 1.807) is 25.2 Å². The number of para-hydroxylation sites is 1. The molecule has 8 heteroatoms. The summed E-state index contributed by atoms with van der Waals surface area (Å²) >= 11 is 0. The molecule has 30 heavy (non-hydrogen) atoms. The molecule has 1 saturated heterocycles. The lowest BCUT2D eigenvalue weighted by Crippen LogP contribution is -2.44. The van der Waals surface area contributed by atoms with E-state index >= 15 is 0 Å². The van der Waals surface area contributed by atoms with Crippen LogP contribution in [0.5, 0.6) is 5.75 Å². The maximum Gasteiger partial charge on any atom is 0.247 e. The molecule has 1 amide bonds. The Kier molecular flexibility index (Phi) is 8.21. The number of rotatable bonds is 10. The predicted octanol–water partition coefficient (Wildman–Crippen LogP) is 2.23. The Hall–Kier alpha value is -2.45. The Morgan fingerprint density at radius 2 is 2.03 bits per heavy atom. The van der Waals surface area contributed by atoms with Gasteiger partial charge >= 0.3 is 0 Å². The zero-order chi connectivity index (χ0) is 21.3. The van der Waals surface area contributed by atoms with Gasteiger partial charge in [0.2, 0.25) is 5.91 Å². The molecule has 1 atom stereocenters. The monoisotopic (exact) mass is 415 g/mol. The Bertz CT molecular complexity index is 775. The van der Waals surface area contributed by atoms with Gasteiger partial charge in [0.1, 0.15) is 24.4 Å². The molecule has 2 aromatic rings. The van der Waals surface area contributed by atoms with Crippen molar-refractivity contribution >= 4 is 5.91 Å². The molecular formula is C22H33N5O3. The normalized spacial score (nSPS) is 16.4. The second-order valence-electron chi connectivity index (χ2n) is 7.86. The summed E-state index contributed by atoms with van der Waals surface area (Å²) in [4.78, 5) is 21.4. The lowest BCUT2D eigenvalue weighted by atomic mass is 9.95. The first-order chi connectivity index (χ1) is 14.6. The molecule has 1 aromatic carbocycles. The van der Waals surface area contributed by atoms with Crippen LogP contribution in [0, 0.1) is 5.92 Å². The molecule has 0 aliphatic carbocycles. The van der Waals surface area contributed by atoms with Crippen LogP contribution in [0.2, 0.25) is 0 Å². The van der Waals surface area contributed by atoms with Gasteiger partial charge in [0, 0.05) is 32.3 Å². The summed E-state index contributed by atoms with van der Waals surface area (Å²) in [6.07, 6.45) is 5.20. The molecule has 1 aromatic heterocycles. The Labute approximate surface area is 178 Å². The standard InChI is InChI=1S/C22H33N5O3/c1-18(27-17-23-16-24-27)22(28)26(12-13-29-2)14-19-8-10-25(11-9-19)15-20-6-4-5-7-21(20)30-3/h4-7,16-19H,8-15H2,1-3H3. The molecule has 164 valence electrons. The van der Waals surface area contributed by atoms with Crippen LogP contribution in [-0.2, 0) is 16.1 Å². The van der Waals surface area contributed by atoms with Gasteiger partial charge in [-0.1, -0.05) is 18.2 Å². The minimum atomic E-state index is -0.366. The fraction of sp³-hybridized carbons (Fsp3) is 0.591. The molecule has 3 rings (SSSR count). The quantitative estimate of drug-likeness (QED) is 0.593. The summed E-state index contributed by atoms with van der Waals surface area (Å²) in [5.41, 5.74) is 1.22. The average molecular weight is 416 g/mol. The van der Waals surface area contributed by atoms with Crippen LogP contribution in [-0.4, -0.2) is 77.5 Å². The molecule has 1 aliphatic rings. The largest absolute Gasteiger partial charge is 0.496 e. The first-order valence-corrected chi connectivity index (χ1v) is 10.6. The second-order valence-corrected chi connectivity index (χ2v) is 7.86. The number of ether oxygens (including phenoxy) is 2. The van der Waals surface area contributed by atoms with Crippen molar-refractivity contribution in [3.05, 3.63) is 42.5 Å². The van der Waals surface area contributed by atoms with Crippen molar-refractivity contribution < 1.29 is 14.3 Å². The van der Waals surface area contributed by atoms with Crippen molar-refractivity contribution in [2.75, 3.05) is 47.0 Å². The van der Waals surface area contributed by atoms with Gasteiger partial charge in [0.25, 0.3) is 0 Å². The van der Waals surface area contributed by atoms with E-state index < -0.39 is 0 Å². The van der Waals surface area contributed by atoms with Gasteiger partial charge in [-0.3, -0.25) is 9.69 Å². The van der Waals surface area contributed by atoms with Crippen LogP contribution in [0.3, 0.4) is 0 Å². The number of hydrogen-bond donors (Lipinski definition) is 0. The number of nitrogens with zero attached hydrogens (tertiary/aromatic N) is 5. The van der Waals surface area contributed by atoms with Gasteiger partial charge in [-0.05, 0) is 44.8 Å². The molecule has 1 aliphatic heterocycles. The summed E-state index contributed by atoms with van der Waals surface area (Å²) < 4.78 is 12.3. The number of hydrogen-bond acceptors (Lipinski definition) is 6. The van der Waals surface area contributed by atoms with Gasteiger partial charge < -0.3 is 14.4 Å². The number of carbonyl (C=O) groups is 1. The maximum atomic E-state index is 13.1. The maximum absolute atomic E-state index is 13.1. The van der Waals surface area contributed by atoms with Crippen LogP contribution in [0.4, 0.5) is 0 Å². The molecular weight excluding hydrogens is 382 g/mol. The highest BCUT2D eigenvalue weighted by molar-refractivity contribution is 5.80. The summed E-state index contributed by atoms with van der Waals surface area (Å²) in [5.74, 6) is 1.50. The van der Waals surface area contributed by atoms with E-state index in [0.29, 0.717) is 19.1 Å². The van der Waals surface area contributed by atoms with Crippen molar-refractivity contribution in [3.63, 3.8) is 0 Å². The van der Waals surface area contributed by atoms with Gasteiger partial charge in [-0.15, -0.1) is 0 Å². The van der Waals surface area contributed by atoms with Crippen molar-refractivity contribution in [2.24, 2.45) is 5.92 Å². The lowest BCUT2D eigenvalue weighted by Gasteiger charge is -2.35. The molecule has 1 unspecified atom stereocenters. The number of aromatic nitrogens is 3. The average Bonchev–Trinajstić information content (AvgIpc) is 3.32. The number of carbonyl (C=O) groups excluding carboxylic acids is 1. The fourth-order valence-electron chi connectivity index (χ4n) is 4.00. The smallest absolute Gasteiger partial charge is 0.247 e. The summed E-state index contributed by atoms with van der Waals surface area (Å²) in [6.45, 7) is 6.68. The van der Waals surface area contributed by atoms with E-state index in [1.165, 1.54) is 11.9 Å². The molecule has 2 heterocycles. The number of benzene rings is 1.